The second-order valence-corrected chi connectivity index (χ2v) is 11.5. The molecular formula is C30H31ClFN5O2. The predicted octanol–water partition coefficient (Wildman–Crippen LogP) is 5.36. The molecule has 3 aromatic carbocycles. The number of nitrogens with one attached hydrogen (secondary N) is 1. The first-order valence-corrected chi connectivity index (χ1v) is 14.1. The van der Waals surface area contributed by atoms with Gasteiger partial charge in [-0.25, -0.2) is 4.39 Å². The SMILES string of the molecule is CN1CC[C@H]1CCOc1nc(N2C[C@H]3CC[C@@H](C2)N3)c2cc(Cl)c(-c3cc(O)cc4ccccc34)c(F)c2n1. The standard InChI is InChI=1S/C30H31ClFN5O2/c1-36-10-8-20(36)9-11-39-30-34-28-24(29(35-30)37-15-18-6-7-19(16-37)33-18)14-25(31)26(27(28)32)23-13-21(38)12-17-4-2-3-5-22(17)23/h2-5,12-14,18-20,33,38H,6-11,15-16H2,1H3/t18-,19+,20-/m0/s1. The van der Waals surface area contributed by atoms with Gasteiger partial charge in [-0.05, 0) is 73.8 Å². The van der Waals surface area contributed by atoms with Crippen LogP contribution in [0.15, 0.2) is 42.5 Å². The molecule has 202 valence electrons. The summed E-state index contributed by atoms with van der Waals surface area (Å²) in [7, 11) is 2.11. The van der Waals surface area contributed by atoms with Crippen molar-refractivity contribution in [1.82, 2.24) is 20.2 Å². The lowest BCUT2D eigenvalue weighted by Crippen LogP contribution is -2.51. The number of rotatable bonds is 6. The first kappa shape index (κ1) is 24.8. The largest absolute Gasteiger partial charge is 0.508 e. The fourth-order valence-electron chi connectivity index (χ4n) is 6.40. The van der Waals surface area contributed by atoms with Crippen LogP contribution in [0.1, 0.15) is 25.7 Å². The molecule has 3 fully saturated rings. The smallest absolute Gasteiger partial charge is 0.319 e. The van der Waals surface area contributed by atoms with Gasteiger partial charge in [-0.2, -0.15) is 9.97 Å². The highest BCUT2D eigenvalue weighted by atomic mass is 35.5. The minimum Gasteiger partial charge on any atom is -0.508 e. The van der Waals surface area contributed by atoms with Gasteiger partial charge in [0.05, 0.1) is 11.6 Å². The average molecular weight is 548 g/mol. The second-order valence-electron chi connectivity index (χ2n) is 11.1. The van der Waals surface area contributed by atoms with Crippen LogP contribution in [-0.2, 0) is 0 Å². The van der Waals surface area contributed by atoms with E-state index in [-0.39, 0.29) is 27.9 Å². The first-order chi connectivity index (χ1) is 18.9. The number of aromatic nitrogens is 2. The van der Waals surface area contributed by atoms with Crippen molar-refractivity contribution in [1.29, 1.82) is 0 Å². The Morgan fingerprint density at radius 1 is 1.08 bits per heavy atom. The topological polar surface area (TPSA) is 73.8 Å². The highest BCUT2D eigenvalue weighted by molar-refractivity contribution is 6.35. The molecule has 0 amide bonds. The lowest BCUT2D eigenvalue weighted by Gasteiger charge is -2.37. The Bertz CT molecular complexity index is 1570. The Labute approximate surface area is 231 Å². The molecule has 3 saturated heterocycles. The van der Waals surface area contributed by atoms with Crippen molar-refractivity contribution >= 4 is 39.1 Å². The lowest BCUT2D eigenvalue weighted by atomic mass is 9.96. The van der Waals surface area contributed by atoms with Crippen molar-refractivity contribution in [3.8, 4) is 22.9 Å². The average Bonchev–Trinajstić information content (AvgIpc) is 3.27. The summed E-state index contributed by atoms with van der Waals surface area (Å²) in [6.45, 7) is 3.14. The molecule has 0 aliphatic carbocycles. The Balaban J connectivity index is 1.36. The molecule has 2 bridgehead atoms. The van der Waals surface area contributed by atoms with E-state index >= 15 is 4.39 Å². The van der Waals surface area contributed by atoms with Gasteiger partial charge in [0, 0.05) is 42.2 Å². The molecule has 9 heteroatoms. The minimum atomic E-state index is -0.543. The summed E-state index contributed by atoms with van der Waals surface area (Å²) in [6.07, 6.45) is 4.26. The molecule has 39 heavy (non-hydrogen) atoms. The molecule has 3 atom stereocenters. The molecule has 2 N–H and O–H groups in total. The van der Waals surface area contributed by atoms with Gasteiger partial charge in [0.1, 0.15) is 17.1 Å². The zero-order valence-corrected chi connectivity index (χ0v) is 22.6. The lowest BCUT2D eigenvalue weighted by molar-refractivity contribution is 0.100. The summed E-state index contributed by atoms with van der Waals surface area (Å²) in [4.78, 5) is 13.9. The maximum Gasteiger partial charge on any atom is 0.319 e. The molecule has 3 aliphatic heterocycles. The van der Waals surface area contributed by atoms with Crippen molar-refractivity contribution in [3.05, 3.63) is 53.3 Å². The fraction of sp³-hybridized carbons (Fsp3) is 0.400. The van der Waals surface area contributed by atoms with Gasteiger partial charge >= 0.3 is 6.01 Å². The van der Waals surface area contributed by atoms with Gasteiger partial charge in [-0.15, -0.1) is 0 Å². The molecule has 0 radical (unpaired) electrons. The molecule has 7 nitrogen and oxygen atoms in total. The Morgan fingerprint density at radius 3 is 2.62 bits per heavy atom. The summed E-state index contributed by atoms with van der Waals surface area (Å²) in [5.74, 6) is 0.157. The molecular weight excluding hydrogens is 517 g/mol. The quantitative estimate of drug-likeness (QED) is 0.336. The maximum absolute atomic E-state index is 16.6. The fourth-order valence-corrected chi connectivity index (χ4v) is 6.70. The van der Waals surface area contributed by atoms with Crippen molar-refractivity contribution in [2.24, 2.45) is 0 Å². The zero-order chi connectivity index (χ0) is 26.7. The highest BCUT2D eigenvalue weighted by Gasteiger charge is 2.34. The molecule has 0 spiro atoms. The summed E-state index contributed by atoms with van der Waals surface area (Å²) in [6, 6.07) is 14.0. The first-order valence-electron chi connectivity index (χ1n) is 13.7. The monoisotopic (exact) mass is 547 g/mol. The Hall–Kier alpha value is -3.20. The van der Waals surface area contributed by atoms with Crippen LogP contribution in [-0.4, -0.2) is 71.4 Å². The number of phenolic OH excluding ortho intramolecular Hbond substituents is 1. The number of hydrogen-bond donors (Lipinski definition) is 2. The third-order valence-corrected chi connectivity index (χ3v) is 8.89. The predicted molar refractivity (Wildman–Crippen MR) is 152 cm³/mol. The van der Waals surface area contributed by atoms with E-state index in [2.05, 4.69) is 27.1 Å². The number of hydrogen-bond acceptors (Lipinski definition) is 7. The minimum absolute atomic E-state index is 0.0453. The summed E-state index contributed by atoms with van der Waals surface area (Å²) < 4.78 is 22.6. The van der Waals surface area contributed by atoms with E-state index in [9.17, 15) is 5.11 Å². The van der Waals surface area contributed by atoms with Crippen molar-refractivity contribution < 1.29 is 14.2 Å². The molecule has 3 aliphatic rings. The molecule has 0 unspecified atom stereocenters. The zero-order valence-electron chi connectivity index (χ0n) is 21.8. The third kappa shape index (κ3) is 4.44. The molecule has 1 aromatic heterocycles. The number of anilines is 1. The van der Waals surface area contributed by atoms with Crippen molar-refractivity contribution in [2.75, 3.05) is 38.2 Å². The molecule has 7 rings (SSSR count). The van der Waals surface area contributed by atoms with E-state index in [1.54, 1.807) is 18.2 Å². The number of likely N-dealkylation sites (tertiary alicyclic amines) is 1. The highest BCUT2D eigenvalue weighted by Crippen LogP contribution is 2.43. The van der Waals surface area contributed by atoms with E-state index < -0.39 is 5.82 Å². The summed E-state index contributed by atoms with van der Waals surface area (Å²) in [5, 5.41) is 16.5. The van der Waals surface area contributed by atoms with Crippen LogP contribution >= 0.6 is 11.6 Å². The number of aromatic hydroxyl groups is 1. The number of phenols is 1. The van der Waals surface area contributed by atoms with Crippen LogP contribution in [0.3, 0.4) is 0 Å². The normalized spacial score (nSPS) is 22.9. The summed E-state index contributed by atoms with van der Waals surface area (Å²) >= 11 is 6.83. The third-order valence-electron chi connectivity index (χ3n) is 8.59. The van der Waals surface area contributed by atoms with Crippen LogP contribution < -0.4 is 15.0 Å². The molecule has 0 saturated carbocycles. The number of halogens is 2. The van der Waals surface area contributed by atoms with Gasteiger partial charge in [0.2, 0.25) is 0 Å². The maximum atomic E-state index is 16.6. The van der Waals surface area contributed by atoms with Crippen LogP contribution in [0.25, 0.3) is 32.8 Å². The van der Waals surface area contributed by atoms with E-state index in [1.165, 1.54) is 0 Å². The number of ether oxygens (including phenoxy) is 1. The van der Waals surface area contributed by atoms with Gasteiger partial charge in [-0.1, -0.05) is 35.9 Å². The van der Waals surface area contributed by atoms with Crippen LogP contribution in [0.4, 0.5) is 10.2 Å². The molecule has 4 heterocycles. The van der Waals surface area contributed by atoms with Gasteiger partial charge in [-0.3, -0.25) is 0 Å². The number of piperazine rings is 1. The Kier molecular flexibility index (Phi) is 6.21. The summed E-state index contributed by atoms with van der Waals surface area (Å²) in [5.41, 5.74) is 0.905. The Morgan fingerprint density at radius 2 is 1.87 bits per heavy atom. The van der Waals surface area contributed by atoms with Crippen LogP contribution in [0.2, 0.25) is 5.02 Å². The molecule has 4 aromatic rings. The van der Waals surface area contributed by atoms with E-state index in [0.29, 0.717) is 41.5 Å². The van der Waals surface area contributed by atoms with Gasteiger partial charge in [0.25, 0.3) is 0 Å². The number of fused-ring (bicyclic) bond motifs is 4. The van der Waals surface area contributed by atoms with Crippen LogP contribution in [0.5, 0.6) is 11.8 Å². The number of nitrogens with zero attached hydrogens (tertiary/aromatic N) is 4. The van der Waals surface area contributed by atoms with Crippen molar-refractivity contribution in [2.45, 2.75) is 43.8 Å². The van der Waals surface area contributed by atoms with E-state index in [0.717, 1.165) is 56.1 Å². The van der Waals surface area contributed by atoms with Crippen LogP contribution in [0, 0.1) is 5.82 Å². The van der Waals surface area contributed by atoms with Crippen molar-refractivity contribution in [3.63, 3.8) is 0 Å². The second kappa shape index (κ2) is 9.77. The van der Waals surface area contributed by atoms with E-state index in [1.807, 2.05) is 24.3 Å². The van der Waals surface area contributed by atoms with E-state index in [4.69, 9.17) is 21.3 Å². The number of benzene rings is 3. The van der Waals surface area contributed by atoms with Gasteiger partial charge < -0.3 is 25.0 Å². The van der Waals surface area contributed by atoms with Gasteiger partial charge in [0.15, 0.2) is 5.82 Å².